The average Bonchev–Trinajstić information content (AvgIpc) is 2.63. The summed E-state index contributed by atoms with van der Waals surface area (Å²) >= 11 is 0. The van der Waals surface area contributed by atoms with Gasteiger partial charge in [-0.2, -0.15) is 0 Å². The molecule has 96 valence electrons. The Kier molecular flexibility index (Phi) is 4.89. The van der Waals surface area contributed by atoms with E-state index in [1.54, 1.807) is 6.92 Å². The summed E-state index contributed by atoms with van der Waals surface area (Å²) in [7, 11) is 0. The number of esters is 2. The maximum absolute atomic E-state index is 11.4. The maximum Gasteiger partial charge on any atom is 0.347 e. The molecule has 2 unspecified atom stereocenters. The highest BCUT2D eigenvalue weighted by Gasteiger charge is 2.32. The van der Waals surface area contributed by atoms with E-state index in [9.17, 15) is 14.4 Å². The van der Waals surface area contributed by atoms with E-state index in [-0.39, 0.29) is 13.2 Å². The number of cyclic esters (lactones) is 1. The molecule has 0 amide bonds. The number of hydrogen-bond acceptors (Lipinski definition) is 6. The van der Waals surface area contributed by atoms with E-state index in [2.05, 4.69) is 4.74 Å². The fourth-order valence-corrected chi connectivity index (χ4v) is 1.36. The Morgan fingerprint density at radius 2 is 2.29 bits per heavy atom. The van der Waals surface area contributed by atoms with Gasteiger partial charge in [-0.05, 0) is 6.92 Å². The third kappa shape index (κ3) is 4.03. The Hall–Kier alpha value is -1.63. The van der Waals surface area contributed by atoms with Crippen molar-refractivity contribution in [3.8, 4) is 0 Å². The molecule has 0 spiro atoms. The van der Waals surface area contributed by atoms with E-state index >= 15 is 0 Å². The van der Waals surface area contributed by atoms with Gasteiger partial charge in [-0.25, -0.2) is 9.59 Å². The number of hydrogen-bond donors (Lipinski definition) is 1. The molecule has 0 bridgehead atoms. The second-order valence-corrected chi connectivity index (χ2v) is 3.42. The van der Waals surface area contributed by atoms with E-state index in [0.29, 0.717) is 6.42 Å². The zero-order chi connectivity index (χ0) is 12.8. The van der Waals surface area contributed by atoms with Crippen molar-refractivity contribution < 1.29 is 33.7 Å². The molecular formula is C10H14O7. The van der Waals surface area contributed by atoms with Crippen molar-refractivity contribution >= 4 is 17.9 Å². The standard InChI is InChI=1S/C10H14O7/c1-2-15-7(9(12)13)5-8(11)17-6-3-4-16-10(6)14/h6-7H,2-5H2,1H3,(H,12,13). The Morgan fingerprint density at radius 1 is 1.59 bits per heavy atom. The first-order chi connectivity index (χ1) is 8.04. The fourth-order valence-electron chi connectivity index (χ4n) is 1.36. The summed E-state index contributed by atoms with van der Waals surface area (Å²) in [6, 6.07) is 0. The van der Waals surface area contributed by atoms with Crippen molar-refractivity contribution in [2.75, 3.05) is 13.2 Å². The maximum atomic E-state index is 11.4. The third-order valence-electron chi connectivity index (χ3n) is 2.16. The molecule has 1 rings (SSSR count). The van der Waals surface area contributed by atoms with Gasteiger partial charge in [-0.3, -0.25) is 4.79 Å². The van der Waals surface area contributed by atoms with Gasteiger partial charge in [0.2, 0.25) is 6.10 Å². The lowest BCUT2D eigenvalue weighted by Gasteiger charge is -2.13. The first-order valence-corrected chi connectivity index (χ1v) is 5.25. The molecule has 1 fully saturated rings. The van der Waals surface area contributed by atoms with Crippen molar-refractivity contribution in [2.24, 2.45) is 0 Å². The number of rotatable bonds is 6. The summed E-state index contributed by atoms with van der Waals surface area (Å²) in [4.78, 5) is 33.1. The van der Waals surface area contributed by atoms with E-state index in [0.717, 1.165) is 0 Å². The Bertz CT molecular complexity index is 312. The van der Waals surface area contributed by atoms with Crippen LogP contribution < -0.4 is 0 Å². The summed E-state index contributed by atoms with van der Waals surface area (Å²) in [5.41, 5.74) is 0. The van der Waals surface area contributed by atoms with Gasteiger partial charge in [0.15, 0.2) is 6.10 Å². The zero-order valence-electron chi connectivity index (χ0n) is 9.38. The third-order valence-corrected chi connectivity index (χ3v) is 2.16. The lowest BCUT2D eigenvalue weighted by molar-refractivity contribution is -0.166. The van der Waals surface area contributed by atoms with Crippen LogP contribution in [-0.2, 0) is 28.6 Å². The Morgan fingerprint density at radius 3 is 2.76 bits per heavy atom. The largest absolute Gasteiger partial charge is 0.479 e. The van der Waals surface area contributed by atoms with Crippen LogP contribution in [0.25, 0.3) is 0 Å². The molecule has 0 saturated carbocycles. The minimum Gasteiger partial charge on any atom is -0.479 e. The van der Waals surface area contributed by atoms with Crippen LogP contribution >= 0.6 is 0 Å². The lowest BCUT2D eigenvalue weighted by Crippen LogP contribution is -2.30. The van der Waals surface area contributed by atoms with Crippen LogP contribution in [0, 0.1) is 0 Å². The minimum atomic E-state index is -1.25. The van der Waals surface area contributed by atoms with Crippen molar-refractivity contribution in [3.05, 3.63) is 0 Å². The molecule has 1 aliphatic heterocycles. The number of aliphatic carboxylic acids is 1. The minimum absolute atomic E-state index is 0.176. The highest BCUT2D eigenvalue weighted by Crippen LogP contribution is 2.12. The van der Waals surface area contributed by atoms with Crippen molar-refractivity contribution in [3.63, 3.8) is 0 Å². The molecule has 7 heteroatoms. The van der Waals surface area contributed by atoms with Gasteiger partial charge in [0.1, 0.15) is 0 Å². The summed E-state index contributed by atoms with van der Waals surface area (Å²) in [5.74, 6) is -2.62. The summed E-state index contributed by atoms with van der Waals surface area (Å²) in [5, 5.41) is 8.74. The first kappa shape index (κ1) is 13.4. The highest BCUT2D eigenvalue weighted by molar-refractivity contribution is 5.83. The predicted octanol–water partition coefficient (Wildman–Crippen LogP) is -0.275. The number of carbonyl (C=O) groups excluding carboxylic acids is 2. The van der Waals surface area contributed by atoms with Crippen LogP contribution in [-0.4, -0.2) is 48.4 Å². The van der Waals surface area contributed by atoms with Crippen molar-refractivity contribution in [1.29, 1.82) is 0 Å². The van der Waals surface area contributed by atoms with Gasteiger partial charge in [-0.1, -0.05) is 0 Å². The van der Waals surface area contributed by atoms with Crippen LogP contribution in [0.2, 0.25) is 0 Å². The van der Waals surface area contributed by atoms with Gasteiger partial charge in [0.05, 0.1) is 13.0 Å². The van der Waals surface area contributed by atoms with Crippen LogP contribution in [0.1, 0.15) is 19.8 Å². The molecule has 17 heavy (non-hydrogen) atoms. The van der Waals surface area contributed by atoms with Gasteiger partial charge in [0, 0.05) is 13.0 Å². The molecule has 1 aliphatic rings. The monoisotopic (exact) mass is 246 g/mol. The van der Waals surface area contributed by atoms with E-state index in [1.165, 1.54) is 0 Å². The smallest absolute Gasteiger partial charge is 0.347 e. The summed E-state index contributed by atoms with van der Waals surface area (Å²) < 4.78 is 14.2. The Balaban J connectivity index is 2.41. The molecule has 1 N–H and O–H groups in total. The van der Waals surface area contributed by atoms with Crippen LogP contribution in [0.15, 0.2) is 0 Å². The van der Waals surface area contributed by atoms with Gasteiger partial charge >= 0.3 is 17.9 Å². The molecule has 0 aromatic rings. The SMILES string of the molecule is CCOC(CC(=O)OC1CCOC1=O)C(=O)O. The Labute approximate surface area is 97.6 Å². The highest BCUT2D eigenvalue weighted by atomic mass is 16.6. The van der Waals surface area contributed by atoms with E-state index < -0.39 is 36.5 Å². The van der Waals surface area contributed by atoms with Crippen molar-refractivity contribution in [2.45, 2.75) is 32.0 Å². The van der Waals surface area contributed by atoms with Gasteiger partial charge in [-0.15, -0.1) is 0 Å². The van der Waals surface area contributed by atoms with E-state index in [1.807, 2.05) is 0 Å². The predicted molar refractivity (Wildman–Crippen MR) is 53.1 cm³/mol. The summed E-state index contributed by atoms with van der Waals surface area (Å²) in [6.45, 7) is 2.01. The quantitative estimate of drug-likeness (QED) is 0.643. The number of carboxylic acids is 1. The molecule has 1 saturated heterocycles. The molecule has 1 heterocycles. The average molecular weight is 246 g/mol. The first-order valence-electron chi connectivity index (χ1n) is 5.25. The molecule has 2 atom stereocenters. The van der Waals surface area contributed by atoms with Gasteiger partial charge in [0.25, 0.3) is 0 Å². The number of carbonyl (C=O) groups is 3. The zero-order valence-corrected chi connectivity index (χ0v) is 9.38. The van der Waals surface area contributed by atoms with Crippen LogP contribution in [0.4, 0.5) is 0 Å². The number of carboxylic acid groups (broad SMARTS) is 1. The van der Waals surface area contributed by atoms with Gasteiger partial charge < -0.3 is 19.3 Å². The van der Waals surface area contributed by atoms with E-state index in [4.69, 9.17) is 14.6 Å². The summed E-state index contributed by atoms with van der Waals surface area (Å²) in [6.07, 6.45) is -2.28. The second kappa shape index (κ2) is 6.19. The lowest BCUT2D eigenvalue weighted by atomic mass is 10.2. The van der Waals surface area contributed by atoms with Crippen LogP contribution in [0.5, 0.6) is 0 Å². The topological polar surface area (TPSA) is 99.1 Å². The number of ether oxygens (including phenoxy) is 3. The fraction of sp³-hybridized carbons (Fsp3) is 0.700. The molecule has 0 aromatic heterocycles. The molecule has 7 nitrogen and oxygen atoms in total. The van der Waals surface area contributed by atoms with Crippen LogP contribution in [0.3, 0.4) is 0 Å². The van der Waals surface area contributed by atoms with Crippen molar-refractivity contribution in [1.82, 2.24) is 0 Å². The molecule has 0 radical (unpaired) electrons. The normalized spacial score (nSPS) is 20.8. The molecule has 0 aromatic carbocycles. The second-order valence-electron chi connectivity index (χ2n) is 3.42. The molecule has 0 aliphatic carbocycles. The molecular weight excluding hydrogens is 232 g/mol.